The van der Waals surface area contributed by atoms with E-state index in [2.05, 4.69) is 22.6 Å². The standard InChI is InChI=1S/C3H7I/c1-3(2)4/h3H,1-2H3/i1D. The molecule has 0 nitrogen and oxygen atoms in total. The van der Waals surface area contributed by atoms with Gasteiger partial charge in [-0.3, -0.25) is 0 Å². The maximum atomic E-state index is 6.65. The van der Waals surface area contributed by atoms with E-state index in [4.69, 9.17) is 1.37 Å². The molecule has 0 fully saturated rings. The first-order valence-electron chi connectivity index (χ1n) is 1.91. The van der Waals surface area contributed by atoms with Gasteiger partial charge in [-0.05, 0) is 0 Å². The molecule has 0 radical (unpaired) electrons. The van der Waals surface area contributed by atoms with Crippen LogP contribution in [-0.2, 0) is 0 Å². The summed E-state index contributed by atoms with van der Waals surface area (Å²) in [6.07, 6.45) is 0. The maximum Gasteiger partial charge on any atom is 0.0241 e. The molecule has 1 unspecified atom stereocenters. The number of hydrogen-bond donors (Lipinski definition) is 0. The van der Waals surface area contributed by atoms with Crippen LogP contribution in [0.5, 0.6) is 0 Å². The Morgan fingerprint density at radius 2 is 2.50 bits per heavy atom. The van der Waals surface area contributed by atoms with Crippen molar-refractivity contribution in [2.24, 2.45) is 0 Å². The zero-order chi connectivity index (χ0) is 4.28. The largest absolute Gasteiger partial charge is 0.0832 e. The van der Waals surface area contributed by atoms with Crippen LogP contribution in [0, 0.1) is 0 Å². The highest BCUT2D eigenvalue weighted by atomic mass is 127. The second kappa shape index (κ2) is 2.00. The fourth-order valence-electron chi connectivity index (χ4n) is 0. The predicted molar refractivity (Wildman–Crippen MR) is 29.2 cm³/mol. The normalized spacial score (nSPS) is 19.0. The minimum Gasteiger partial charge on any atom is -0.0832 e. The molecule has 26 valence electrons. The second-order valence-electron chi connectivity index (χ2n) is 0.781. The lowest BCUT2D eigenvalue weighted by molar-refractivity contribution is 1.16. The van der Waals surface area contributed by atoms with E-state index in [1.54, 1.807) is 0 Å². The van der Waals surface area contributed by atoms with Crippen LogP contribution >= 0.6 is 22.6 Å². The molecule has 0 amide bonds. The van der Waals surface area contributed by atoms with Crippen molar-refractivity contribution in [2.45, 2.75) is 17.7 Å². The van der Waals surface area contributed by atoms with Crippen molar-refractivity contribution in [3.05, 3.63) is 0 Å². The summed E-state index contributed by atoms with van der Waals surface area (Å²) in [6.45, 7) is 2.56. The van der Waals surface area contributed by atoms with Gasteiger partial charge in [-0.15, -0.1) is 0 Å². The molecule has 4 heavy (non-hydrogen) atoms. The fourth-order valence-corrected chi connectivity index (χ4v) is 0. The molecule has 0 aliphatic carbocycles. The third kappa shape index (κ3) is 15.3. The molecular weight excluding hydrogens is 163 g/mol. The monoisotopic (exact) mass is 171 g/mol. The van der Waals surface area contributed by atoms with Crippen LogP contribution in [0.15, 0.2) is 0 Å². The van der Waals surface area contributed by atoms with Gasteiger partial charge in [-0.2, -0.15) is 0 Å². The van der Waals surface area contributed by atoms with Crippen molar-refractivity contribution < 1.29 is 1.37 Å². The average Bonchev–Trinajstić information content (AvgIpc) is 1.38. The Kier molecular flexibility index (Phi) is 1.47. The molecule has 0 bridgehead atoms. The number of halogens is 1. The average molecular weight is 171 g/mol. The van der Waals surface area contributed by atoms with E-state index in [0.29, 0.717) is 10.8 Å². The van der Waals surface area contributed by atoms with Crippen LogP contribution in [0.25, 0.3) is 0 Å². The first kappa shape index (κ1) is 2.94. The van der Waals surface area contributed by atoms with Crippen molar-refractivity contribution in [2.75, 3.05) is 0 Å². The first-order valence-corrected chi connectivity index (χ1v) is 2.45. The fraction of sp³-hybridized carbons (Fsp3) is 1.00. The van der Waals surface area contributed by atoms with Crippen molar-refractivity contribution in [1.29, 1.82) is 0 Å². The summed E-state index contributed by atoms with van der Waals surface area (Å²) < 4.78 is 7.17. The Bertz CT molecular complexity index is 20.9. The molecule has 1 heteroatoms. The summed E-state index contributed by atoms with van der Waals surface area (Å²) in [5.41, 5.74) is 0. The molecule has 0 rings (SSSR count). The van der Waals surface area contributed by atoms with Crippen LogP contribution < -0.4 is 0 Å². The number of alkyl halides is 1. The SMILES string of the molecule is [2H]CC(C)I. The van der Waals surface area contributed by atoms with Crippen molar-refractivity contribution in [3.8, 4) is 0 Å². The van der Waals surface area contributed by atoms with Gasteiger partial charge in [-0.1, -0.05) is 36.4 Å². The quantitative estimate of drug-likeness (QED) is 0.385. The highest BCUT2D eigenvalue weighted by molar-refractivity contribution is 14.1. The summed E-state index contributed by atoms with van der Waals surface area (Å²) in [5, 5.41) is 0. The minimum absolute atomic E-state index is 0.521. The Morgan fingerprint density at radius 3 is 2.50 bits per heavy atom. The van der Waals surface area contributed by atoms with Gasteiger partial charge in [0.25, 0.3) is 0 Å². The lowest BCUT2D eigenvalue weighted by Crippen LogP contribution is -1.69. The zero-order valence-corrected chi connectivity index (χ0v) is 4.82. The highest BCUT2D eigenvalue weighted by Crippen LogP contribution is 1.91. The summed E-state index contributed by atoms with van der Waals surface area (Å²) in [4.78, 5) is 0. The molecule has 0 aromatic heterocycles. The molecule has 0 saturated heterocycles. The van der Waals surface area contributed by atoms with E-state index in [9.17, 15) is 0 Å². The second-order valence-corrected chi connectivity index (χ2v) is 2.91. The van der Waals surface area contributed by atoms with Crippen LogP contribution in [-0.4, -0.2) is 3.92 Å². The van der Waals surface area contributed by atoms with Gasteiger partial charge in [0, 0.05) is 5.30 Å². The lowest BCUT2D eigenvalue weighted by atomic mass is 10.6. The molecule has 0 spiro atoms. The van der Waals surface area contributed by atoms with Gasteiger partial charge in [-0.25, -0.2) is 0 Å². The molecule has 0 aromatic carbocycles. The zero-order valence-electron chi connectivity index (χ0n) is 3.66. The van der Waals surface area contributed by atoms with Crippen molar-refractivity contribution >= 4 is 22.6 Å². The molecule has 1 atom stereocenters. The van der Waals surface area contributed by atoms with Gasteiger partial charge in [0.05, 0.1) is 0 Å². The summed E-state index contributed by atoms with van der Waals surface area (Å²) >= 11 is 2.22. The first-order chi connectivity index (χ1) is 2.27. The molecule has 0 N–H and O–H groups in total. The van der Waals surface area contributed by atoms with Gasteiger partial charge in [0.1, 0.15) is 0 Å². The Labute approximate surface area is 42.1 Å². The Hall–Kier alpha value is 0.730. The lowest BCUT2D eigenvalue weighted by Gasteiger charge is -1.76. The third-order valence-corrected chi connectivity index (χ3v) is 0. The van der Waals surface area contributed by atoms with Crippen molar-refractivity contribution in [3.63, 3.8) is 0 Å². The summed E-state index contributed by atoms with van der Waals surface area (Å²) in [6, 6.07) is 0. The number of rotatable bonds is 0. The summed E-state index contributed by atoms with van der Waals surface area (Å²) in [5.74, 6) is 0. The van der Waals surface area contributed by atoms with Crippen LogP contribution in [0.2, 0.25) is 0 Å². The Morgan fingerprint density at radius 1 is 2.25 bits per heavy atom. The Balaban J connectivity index is 2.54. The highest BCUT2D eigenvalue weighted by Gasteiger charge is 1.70. The van der Waals surface area contributed by atoms with E-state index in [1.165, 1.54) is 0 Å². The van der Waals surface area contributed by atoms with E-state index in [1.807, 2.05) is 6.92 Å². The minimum atomic E-state index is 0.521. The van der Waals surface area contributed by atoms with Crippen LogP contribution in [0.3, 0.4) is 0 Å². The number of hydrogen-bond acceptors (Lipinski definition) is 0. The van der Waals surface area contributed by atoms with Crippen molar-refractivity contribution in [1.82, 2.24) is 0 Å². The van der Waals surface area contributed by atoms with E-state index < -0.39 is 0 Å². The van der Waals surface area contributed by atoms with E-state index in [-0.39, 0.29) is 0 Å². The van der Waals surface area contributed by atoms with Gasteiger partial charge >= 0.3 is 0 Å². The molecule has 0 saturated carbocycles. The molecule has 0 aliphatic heterocycles. The van der Waals surface area contributed by atoms with Crippen LogP contribution in [0.1, 0.15) is 15.2 Å². The van der Waals surface area contributed by atoms with Gasteiger partial charge in [0.15, 0.2) is 0 Å². The molecular formula is C3H7I. The third-order valence-electron chi connectivity index (χ3n) is 0. The maximum absolute atomic E-state index is 6.65. The summed E-state index contributed by atoms with van der Waals surface area (Å²) in [7, 11) is 0. The molecule has 0 aromatic rings. The van der Waals surface area contributed by atoms with E-state index in [0.717, 1.165) is 0 Å². The van der Waals surface area contributed by atoms with Gasteiger partial charge < -0.3 is 0 Å². The smallest absolute Gasteiger partial charge is 0.0241 e. The van der Waals surface area contributed by atoms with Crippen LogP contribution in [0.4, 0.5) is 0 Å². The molecule has 0 aliphatic rings. The van der Waals surface area contributed by atoms with E-state index >= 15 is 0 Å². The molecule has 0 heterocycles. The topological polar surface area (TPSA) is 0 Å². The predicted octanol–water partition coefficient (Wildman–Crippen LogP) is 1.83. The van der Waals surface area contributed by atoms with Gasteiger partial charge in [0.2, 0.25) is 0 Å².